The fourth-order valence-electron chi connectivity index (χ4n) is 6.55. The predicted molar refractivity (Wildman–Crippen MR) is 256 cm³/mol. The maximum Gasteiger partial charge on any atom is 0.306 e. The van der Waals surface area contributed by atoms with Gasteiger partial charge in [-0.2, -0.15) is 0 Å². The van der Waals surface area contributed by atoms with Crippen molar-refractivity contribution in [3.63, 3.8) is 0 Å². The van der Waals surface area contributed by atoms with Gasteiger partial charge in [-0.05, 0) is 77.0 Å². The molecular formula is C54H90O6. The molecule has 0 aromatic rings. The van der Waals surface area contributed by atoms with Crippen molar-refractivity contribution in [2.45, 2.75) is 226 Å². The first kappa shape index (κ1) is 56.6. The van der Waals surface area contributed by atoms with Crippen LogP contribution in [0.25, 0.3) is 0 Å². The van der Waals surface area contributed by atoms with Gasteiger partial charge < -0.3 is 14.2 Å². The highest BCUT2D eigenvalue weighted by Crippen LogP contribution is 2.14. The second-order valence-corrected chi connectivity index (χ2v) is 16.0. The Morgan fingerprint density at radius 2 is 0.733 bits per heavy atom. The van der Waals surface area contributed by atoms with E-state index < -0.39 is 6.10 Å². The summed E-state index contributed by atoms with van der Waals surface area (Å²) in [5.74, 6) is -0.950. The van der Waals surface area contributed by atoms with Gasteiger partial charge >= 0.3 is 17.9 Å². The minimum atomic E-state index is -0.798. The quantitative estimate of drug-likeness (QED) is 0.0200. The van der Waals surface area contributed by atoms with Gasteiger partial charge in [0.1, 0.15) is 13.2 Å². The van der Waals surface area contributed by atoms with E-state index in [9.17, 15) is 14.4 Å². The van der Waals surface area contributed by atoms with E-state index in [1.54, 1.807) is 0 Å². The van der Waals surface area contributed by atoms with E-state index in [-0.39, 0.29) is 31.1 Å². The molecule has 0 aromatic heterocycles. The number of rotatable bonds is 43. The average Bonchev–Trinajstić information content (AvgIpc) is 3.24. The maximum absolute atomic E-state index is 12.8. The summed E-state index contributed by atoms with van der Waals surface area (Å²) in [5, 5.41) is 0. The molecular weight excluding hydrogens is 745 g/mol. The Hall–Kier alpha value is -3.41. The van der Waals surface area contributed by atoms with Crippen LogP contribution in [-0.4, -0.2) is 37.2 Å². The molecule has 6 heteroatoms. The van der Waals surface area contributed by atoms with E-state index in [0.29, 0.717) is 19.3 Å². The van der Waals surface area contributed by atoms with Crippen LogP contribution in [-0.2, 0) is 28.6 Å². The molecule has 0 saturated carbocycles. The monoisotopic (exact) mass is 835 g/mol. The molecule has 0 amide bonds. The zero-order valence-corrected chi connectivity index (χ0v) is 38.9. The van der Waals surface area contributed by atoms with Crippen LogP contribution < -0.4 is 0 Å². The minimum Gasteiger partial charge on any atom is -0.462 e. The molecule has 0 aliphatic rings. The molecule has 0 saturated heterocycles. The van der Waals surface area contributed by atoms with Crippen molar-refractivity contribution in [3.8, 4) is 0 Å². The molecule has 6 nitrogen and oxygen atoms in total. The first-order chi connectivity index (χ1) is 29.5. The normalized spacial score (nSPS) is 12.8. The van der Waals surface area contributed by atoms with Crippen molar-refractivity contribution in [2.24, 2.45) is 0 Å². The summed E-state index contributed by atoms with van der Waals surface area (Å²) in [6.45, 7) is 6.34. The van der Waals surface area contributed by atoms with E-state index in [1.165, 1.54) is 64.2 Å². The summed E-state index contributed by atoms with van der Waals surface area (Å²) in [6, 6.07) is 0. The van der Waals surface area contributed by atoms with Crippen LogP contribution in [0.15, 0.2) is 85.1 Å². The molecule has 0 aromatic carbocycles. The third-order valence-corrected chi connectivity index (χ3v) is 10.2. The zero-order valence-electron chi connectivity index (χ0n) is 38.9. The number of allylic oxidation sites excluding steroid dienone is 14. The number of hydrogen-bond donors (Lipinski definition) is 0. The molecule has 0 N–H and O–H groups in total. The van der Waals surface area contributed by atoms with E-state index in [0.717, 1.165) is 116 Å². The molecule has 0 aliphatic carbocycles. The van der Waals surface area contributed by atoms with E-state index >= 15 is 0 Å². The van der Waals surface area contributed by atoms with Crippen molar-refractivity contribution in [3.05, 3.63) is 85.1 Å². The number of esters is 3. The Bertz CT molecular complexity index is 1190. The molecule has 0 rings (SSSR count). The highest BCUT2D eigenvalue weighted by atomic mass is 16.6. The number of carbonyl (C=O) groups excluding carboxylic acids is 3. The topological polar surface area (TPSA) is 78.9 Å². The van der Waals surface area contributed by atoms with Gasteiger partial charge in [-0.25, -0.2) is 0 Å². The molecule has 1 atom stereocenters. The Labute approximate surface area is 369 Å². The molecule has 1 unspecified atom stereocenters. The lowest BCUT2D eigenvalue weighted by molar-refractivity contribution is -0.167. The van der Waals surface area contributed by atoms with Gasteiger partial charge in [-0.15, -0.1) is 0 Å². The van der Waals surface area contributed by atoms with Crippen molar-refractivity contribution in [1.29, 1.82) is 0 Å². The third-order valence-electron chi connectivity index (χ3n) is 10.2. The summed E-state index contributed by atoms with van der Waals surface area (Å²) in [7, 11) is 0. The minimum absolute atomic E-state index is 0.0945. The van der Waals surface area contributed by atoms with Crippen LogP contribution in [0.1, 0.15) is 220 Å². The lowest BCUT2D eigenvalue weighted by atomic mass is 10.0. The first-order valence-electron chi connectivity index (χ1n) is 24.6. The highest BCUT2D eigenvalue weighted by molar-refractivity contribution is 5.71. The Morgan fingerprint density at radius 3 is 1.22 bits per heavy atom. The number of ether oxygens (including phenoxy) is 3. The van der Waals surface area contributed by atoms with Gasteiger partial charge in [0.05, 0.1) is 0 Å². The Balaban J connectivity index is 4.47. The Morgan fingerprint density at radius 1 is 0.367 bits per heavy atom. The average molecular weight is 835 g/mol. The molecule has 0 spiro atoms. The molecule has 0 radical (unpaired) electrons. The van der Waals surface area contributed by atoms with Crippen molar-refractivity contribution >= 4 is 17.9 Å². The molecule has 0 heterocycles. The molecule has 0 aliphatic heterocycles. The van der Waals surface area contributed by atoms with E-state index in [1.807, 2.05) is 0 Å². The largest absolute Gasteiger partial charge is 0.462 e. The van der Waals surface area contributed by atoms with Gasteiger partial charge in [0.15, 0.2) is 6.10 Å². The number of carbonyl (C=O) groups is 3. The molecule has 342 valence electrons. The Kier molecular flexibility index (Phi) is 45.5. The van der Waals surface area contributed by atoms with E-state index in [4.69, 9.17) is 14.2 Å². The van der Waals surface area contributed by atoms with Crippen molar-refractivity contribution in [1.82, 2.24) is 0 Å². The molecule has 0 bridgehead atoms. The number of hydrogen-bond acceptors (Lipinski definition) is 6. The van der Waals surface area contributed by atoms with Crippen LogP contribution in [0, 0.1) is 0 Å². The maximum atomic E-state index is 12.8. The van der Waals surface area contributed by atoms with Gasteiger partial charge in [-0.3, -0.25) is 14.4 Å². The van der Waals surface area contributed by atoms with E-state index in [2.05, 4.69) is 106 Å². The number of unbranched alkanes of at least 4 members (excludes halogenated alkanes) is 20. The van der Waals surface area contributed by atoms with Crippen LogP contribution in [0.3, 0.4) is 0 Å². The second kappa shape index (κ2) is 48.3. The fraction of sp³-hybridized carbons (Fsp3) is 0.685. The highest BCUT2D eigenvalue weighted by Gasteiger charge is 2.19. The lowest BCUT2D eigenvalue weighted by Gasteiger charge is -2.18. The molecule has 0 fully saturated rings. The second-order valence-electron chi connectivity index (χ2n) is 16.0. The SMILES string of the molecule is CC\C=C/C=C\C=C/CCCCCCCC(=O)OC(COC(=O)CCCCC/C=C\C/C=C\C/C=C\C/C=C\CC)COC(=O)CCCCCCCCCCCCCCC. The summed E-state index contributed by atoms with van der Waals surface area (Å²) < 4.78 is 16.7. The predicted octanol–water partition coefficient (Wildman–Crippen LogP) is 16.0. The van der Waals surface area contributed by atoms with Gasteiger partial charge in [0.25, 0.3) is 0 Å². The van der Waals surface area contributed by atoms with Crippen molar-refractivity contribution < 1.29 is 28.6 Å². The fourth-order valence-corrected chi connectivity index (χ4v) is 6.55. The summed E-state index contributed by atoms with van der Waals surface area (Å²) in [5.41, 5.74) is 0. The van der Waals surface area contributed by atoms with Crippen molar-refractivity contribution in [2.75, 3.05) is 13.2 Å². The van der Waals surface area contributed by atoms with Crippen LogP contribution >= 0.6 is 0 Å². The zero-order chi connectivity index (χ0) is 43.7. The molecule has 60 heavy (non-hydrogen) atoms. The summed E-state index contributed by atoms with van der Waals surface area (Å²) >= 11 is 0. The lowest BCUT2D eigenvalue weighted by Crippen LogP contribution is -2.30. The third kappa shape index (κ3) is 45.7. The standard InChI is InChI=1S/C54H90O6/c1-4-7-10-13-16-19-22-25-26-27-30-32-35-38-41-44-47-53(56)59-50-51(60-54(57)48-45-42-39-36-33-29-24-21-18-15-12-9-6-3)49-58-52(55)46-43-40-37-34-31-28-23-20-17-14-11-8-5-2/h7,9-10,12,15-16,18-19,21,24-26,30,32,51H,4-6,8,11,13-14,17,20,22-23,27-29,31,33-50H2,1-3H3/b10-7-,12-9-,18-15-,19-16-,24-21-,26-25-,32-30-. The van der Waals surface area contributed by atoms with Crippen LogP contribution in [0.2, 0.25) is 0 Å². The smallest absolute Gasteiger partial charge is 0.306 e. The van der Waals surface area contributed by atoms with Gasteiger partial charge in [-0.1, -0.05) is 209 Å². The summed E-state index contributed by atoms with van der Waals surface area (Å²) in [4.78, 5) is 37.9. The summed E-state index contributed by atoms with van der Waals surface area (Å²) in [6.07, 6.45) is 61.3. The van der Waals surface area contributed by atoms with Crippen LogP contribution in [0.5, 0.6) is 0 Å². The van der Waals surface area contributed by atoms with Crippen LogP contribution in [0.4, 0.5) is 0 Å². The van der Waals surface area contributed by atoms with Gasteiger partial charge in [0, 0.05) is 19.3 Å². The van der Waals surface area contributed by atoms with Gasteiger partial charge in [0.2, 0.25) is 0 Å². The first-order valence-corrected chi connectivity index (χ1v) is 24.6.